The molecule has 0 saturated carbocycles. The fraction of sp³-hybridized carbons (Fsp3) is 0.280. The largest absolute Gasteiger partial charge is 0.486 e. The summed E-state index contributed by atoms with van der Waals surface area (Å²) in [7, 11) is -8.11. The van der Waals surface area contributed by atoms with E-state index >= 15 is 0 Å². The quantitative estimate of drug-likeness (QED) is 0.428. The van der Waals surface area contributed by atoms with E-state index in [1.165, 1.54) is 24.3 Å². The van der Waals surface area contributed by atoms with E-state index in [4.69, 9.17) is 21.1 Å². The van der Waals surface area contributed by atoms with Crippen LogP contribution in [0.3, 0.4) is 0 Å². The van der Waals surface area contributed by atoms with Crippen LogP contribution >= 0.6 is 11.6 Å². The Morgan fingerprint density at radius 1 is 0.703 bits per heavy atom. The van der Waals surface area contributed by atoms with Crippen molar-refractivity contribution in [1.82, 2.24) is 0 Å². The number of ether oxygens (including phenoxy) is 2. The minimum Gasteiger partial charge on any atom is -0.486 e. The van der Waals surface area contributed by atoms with Crippen LogP contribution in [0.5, 0.6) is 11.5 Å². The van der Waals surface area contributed by atoms with E-state index in [2.05, 4.69) is 9.44 Å². The molecule has 9 nitrogen and oxygen atoms in total. The third-order valence-corrected chi connectivity index (χ3v) is 9.16. The van der Waals surface area contributed by atoms with Gasteiger partial charge in [-0.3, -0.25) is 9.44 Å². The van der Waals surface area contributed by atoms with Crippen molar-refractivity contribution >= 4 is 48.7 Å². The Kier molecular flexibility index (Phi) is 7.11. The lowest BCUT2D eigenvalue weighted by Crippen LogP contribution is -2.31. The Morgan fingerprint density at radius 3 is 2.08 bits per heavy atom. The van der Waals surface area contributed by atoms with Gasteiger partial charge in [-0.2, -0.15) is 0 Å². The molecule has 1 fully saturated rings. The number of hydrogen-bond donors (Lipinski definition) is 2. The van der Waals surface area contributed by atoms with Crippen molar-refractivity contribution in [3.05, 3.63) is 65.7 Å². The smallest absolute Gasteiger partial charge is 0.264 e. The number of nitrogens with one attached hydrogen (secondary N) is 2. The van der Waals surface area contributed by atoms with Crippen LogP contribution in [0, 0.1) is 0 Å². The Morgan fingerprint density at radius 2 is 1.35 bits per heavy atom. The molecule has 2 aliphatic heterocycles. The van der Waals surface area contributed by atoms with Crippen LogP contribution in [-0.4, -0.2) is 43.1 Å². The Bertz CT molecular complexity index is 1510. The first-order valence-corrected chi connectivity index (χ1v) is 15.2. The standard InChI is InChI=1S/C25H26ClN3O6S2/c26-18-4-6-19(7-5-18)27-37(32,33)25-16-20(8-10-22(25)29-12-2-1-3-13-29)28-36(30,31)21-9-11-23-24(17-21)35-15-14-34-23/h4-11,16-17,27-28H,1-3,12-15H2. The predicted molar refractivity (Wildman–Crippen MR) is 143 cm³/mol. The third-order valence-electron chi connectivity index (χ3n) is 6.12. The molecule has 0 atom stereocenters. The summed E-state index contributed by atoms with van der Waals surface area (Å²) >= 11 is 5.93. The maximum atomic E-state index is 13.5. The zero-order valence-electron chi connectivity index (χ0n) is 19.8. The molecule has 2 heterocycles. The highest BCUT2D eigenvalue weighted by Crippen LogP contribution is 2.35. The SMILES string of the molecule is O=S(=O)(Nc1ccc(N2CCCCC2)c(S(=O)(=O)Nc2ccc(Cl)cc2)c1)c1ccc2c(c1)OCCO2. The normalized spacial score (nSPS) is 15.8. The van der Waals surface area contributed by atoms with Gasteiger partial charge in [0.25, 0.3) is 20.0 Å². The zero-order valence-corrected chi connectivity index (χ0v) is 22.2. The van der Waals surface area contributed by atoms with Gasteiger partial charge in [0.1, 0.15) is 18.1 Å². The van der Waals surface area contributed by atoms with E-state index in [0.717, 1.165) is 19.3 Å². The number of halogens is 1. The Hall–Kier alpha value is -3.15. The maximum Gasteiger partial charge on any atom is 0.264 e. The second-order valence-electron chi connectivity index (χ2n) is 8.75. The topological polar surface area (TPSA) is 114 Å². The molecule has 5 rings (SSSR count). The molecular weight excluding hydrogens is 538 g/mol. The molecule has 0 unspecified atom stereocenters. The molecule has 2 aliphatic rings. The molecule has 0 amide bonds. The summed E-state index contributed by atoms with van der Waals surface area (Å²) in [5.74, 6) is 0.808. The molecule has 0 aliphatic carbocycles. The fourth-order valence-corrected chi connectivity index (χ4v) is 6.82. The van der Waals surface area contributed by atoms with Crippen LogP contribution in [0.4, 0.5) is 17.1 Å². The van der Waals surface area contributed by atoms with Gasteiger partial charge >= 0.3 is 0 Å². The predicted octanol–water partition coefficient (Wildman–Crippen LogP) is 4.70. The van der Waals surface area contributed by atoms with Crippen LogP contribution < -0.4 is 23.8 Å². The molecule has 3 aromatic carbocycles. The first-order valence-electron chi connectivity index (χ1n) is 11.8. The van der Waals surface area contributed by atoms with Crippen molar-refractivity contribution in [2.75, 3.05) is 40.6 Å². The highest BCUT2D eigenvalue weighted by molar-refractivity contribution is 7.93. The average molecular weight is 564 g/mol. The van der Waals surface area contributed by atoms with Crippen LogP contribution in [0.15, 0.2) is 70.5 Å². The van der Waals surface area contributed by atoms with E-state index < -0.39 is 20.0 Å². The summed E-state index contributed by atoms with van der Waals surface area (Å²) in [5, 5.41) is 0.479. The van der Waals surface area contributed by atoms with Gasteiger partial charge < -0.3 is 14.4 Å². The number of fused-ring (bicyclic) bond motifs is 1. The summed E-state index contributed by atoms with van der Waals surface area (Å²) in [4.78, 5) is 1.96. The van der Waals surface area contributed by atoms with Gasteiger partial charge in [0.05, 0.1) is 16.3 Å². The molecule has 0 aromatic heterocycles. The van der Waals surface area contributed by atoms with Crippen molar-refractivity contribution in [2.45, 2.75) is 29.1 Å². The molecule has 0 spiro atoms. The van der Waals surface area contributed by atoms with E-state index in [9.17, 15) is 16.8 Å². The van der Waals surface area contributed by atoms with Crippen molar-refractivity contribution in [2.24, 2.45) is 0 Å². The number of rotatable bonds is 7. The number of hydrogen-bond acceptors (Lipinski definition) is 7. The number of sulfonamides is 2. The summed E-state index contributed by atoms with van der Waals surface area (Å²) in [6, 6.07) is 15.2. The average Bonchev–Trinajstić information content (AvgIpc) is 2.90. The Labute approximate surface area is 221 Å². The van der Waals surface area contributed by atoms with Crippen LogP contribution in [-0.2, 0) is 20.0 Å². The zero-order chi connectivity index (χ0) is 26.0. The number of nitrogens with zero attached hydrogens (tertiary/aromatic N) is 1. The first-order chi connectivity index (χ1) is 17.7. The van der Waals surface area contributed by atoms with Crippen LogP contribution in [0.1, 0.15) is 19.3 Å². The maximum absolute atomic E-state index is 13.5. The molecule has 1 saturated heterocycles. The summed E-state index contributed by atoms with van der Waals surface area (Å²) in [6.45, 7) is 2.14. The molecule has 12 heteroatoms. The van der Waals surface area contributed by atoms with Gasteiger partial charge in [-0.1, -0.05) is 11.6 Å². The van der Waals surface area contributed by atoms with Gasteiger partial charge in [-0.15, -0.1) is 0 Å². The molecule has 2 N–H and O–H groups in total. The third kappa shape index (κ3) is 5.73. The van der Waals surface area contributed by atoms with Crippen molar-refractivity contribution < 1.29 is 26.3 Å². The minimum absolute atomic E-state index is 0.0216. The second-order valence-corrected chi connectivity index (χ2v) is 12.5. The lowest BCUT2D eigenvalue weighted by atomic mass is 10.1. The van der Waals surface area contributed by atoms with Crippen LogP contribution in [0.25, 0.3) is 0 Å². The lowest BCUT2D eigenvalue weighted by molar-refractivity contribution is 0.171. The van der Waals surface area contributed by atoms with Gasteiger partial charge in [-0.05, 0) is 73.9 Å². The molecule has 3 aromatic rings. The molecular formula is C25H26ClN3O6S2. The van der Waals surface area contributed by atoms with Gasteiger partial charge in [0.15, 0.2) is 11.5 Å². The minimum atomic E-state index is -4.07. The second kappa shape index (κ2) is 10.3. The van der Waals surface area contributed by atoms with Gasteiger partial charge in [0, 0.05) is 29.9 Å². The highest BCUT2D eigenvalue weighted by Gasteiger charge is 2.26. The van der Waals surface area contributed by atoms with E-state index in [1.54, 1.807) is 36.4 Å². The molecule has 0 radical (unpaired) electrons. The molecule has 0 bridgehead atoms. The number of piperidine rings is 1. The van der Waals surface area contributed by atoms with E-state index in [-0.39, 0.29) is 15.5 Å². The Balaban J connectivity index is 1.49. The van der Waals surface area contributed by atoms with Gasteiger partial charge in [-0.25, -0.2) is 16.8 Å². The summed E-state index contributed by atoms with van der Waals surface area (Å²) in [6.07, 6.45) is 2.97. The highest BCUT2D eigenvalue weighted by atomic mass is 35.5. The summed E-state index contributed by atoms with van der Waals surface area (Å²) in [5.41, 5.74) is 0.979. The molecule has 196 valence electrons. The first kappa shape index (κ1) is 25.5. The van der Waals surface area contributed by atoms with E-state index in [0.29, 0.717) is 54.2 Å². The van der Waals surface area contributed by atoms with Crippen molar-refractivity contribution in [3.63, 3.8) is 0 Å². The van der Waals surface area contributed by atoms with Crippen molar-refractivity contribution in [3.8, 4) is 11.5 Å². The lowest BCUT2D eigenvalue weighted by Gasteiger charge is -2.30. The van der Waals surface area contributed by atoms with E-state index in [1.807, 2.05) is 4.90 Å². The monoisotopic (exact) mass is 563 g/mol. The summed E-state index contributed by atoms with van der Waals surface area (Å²) < 4.78 is 69.4. The van der Waals surface area contributed by atoms with Crippen molar-refractivity contribution in [1.29, 1.82) is 0 Å². The molecule has 37 heavy (non-hydrogen) atoms. The number of benzene rings is 3. The van der Waals surface area contributed by atoms with Crippen LogP contribution in [0.2, 0.25) is 5.02 Å². The fourth-order valence-electron chi connectivity index (χ4n) is 4.32. The number of anilines is 3. The van der Waals surface area contributed by atoms with Gasteiger partial charge in [0.2, 0.25) is 0 Å².